The number of hydrogen-bond acceptors (Lipinski definition) is 3. The Labute approximate surface area is 97.0 Å². The van der Waals surface area contributed by atoms with Crippen molar-refractivity contribution in [1.82, 2.24) is 15.1 Å². The third-order valence-corrected chi connectivity index (χ3v) is 3.21. The van der Waals surface area contributed by atoms with Gasteiger partial charge in [-0.15, -0.1) is 0 Å². The molecule has 1 fully saturated rings. The second-order valence-electron chi connectivity index (χ2n) is 4.58. The van der Waals surface area contributed by atoms with E-state index in [2.05, 4.69) is 28.2 Å². The first-order valence-electron chi connectivity index (χ1n) is 6.07. The molecule has 1 aromatic heterocycles. The number of ether oxygens (including phenoxy) is 1. The Morgan fingerprint density at radius 2 is 2.56 bits per heavy atom. The van der Waals surface area contributed by atoms with Gasteiger partial charge in [-0.05, 0) is 31.4 Å². The highest BCUT2D eigenvalue weighted by Crippen LogP contribution is 2.21. The molecule has 0 amide bonds. The normalized spacial score (nSPS) is 23.2. The van der Waals surface area contributed by atoms with Gasteiger partial charge in [-0.25, -0.2) is 0 Å². The summed E-state index contributed by atoms with van der Waals surface area (Å²) in [6, 6.07) is 0.435. The van der Waals surface area contributed by atoms with Crippen molar-refractivity contribution in [1.29, 1.82) is 0 Å². The van der Waals surface area contributed by atoms with Crippen LogP contribution in [0.5, 0.6) is 0 Å². The van der Waals surface area contributed by atoms with Crippen LogP contribution in [-0.4, -0.2) is 36.6 Å². The zero-order valence-corrected chi connectivity index (χ0v) is 10.1. The summed E-state index contributed by atoms with van der Waals surface area (Å²) in [5, 5.41) is 7.65. The quantitative estimate of drug-likeness (QED) is 0.842. The lowest BCUT2D eigenvalue weighted by atomic mass is 10.1. The number of aromatic nitrogens is 2. The SMILES string of the molecule is CNCC(C)c1cnn(C2CCCOC2)c1. The third kappa shape index (κ3) is 2.62. The van der Waals surface area contributed by atoms with Gasteiger partial charge in [0.25, 0.3) is 0 Å². The zero-order valence-electron chi connectivity index (χ0n) is 10.1. The monoisotopic (exact) mass is 223 g/mol. The van der Waals surface area contributed by atoms with Gasteiger partial charge in [0.2, 0.25) is 0 Å². The highest BCUT2D eigenvalue weighted by molar-refractivity contribution is 5.11. The van der Waals surface area contributed by atoms with E-state index in [4.69, 9.17) is 4.74 Å². The molecule has 90 valence electrons. The summed E-state index contributed by atoms with van der Waals surface area (Å²) in [7, 11) is 1.98. The van der Waals surface area contributed by atoms with E-state index in [0.717, 1.165) is 26.2 Å². The van der Waals surface area contributed by atoms with Crippen LogP contribution in [0.4, 0.5) is 0 Å². The smallest absolute Gasteiger partial charge is 0.0753 e. The second-order valence-corrected chi connectivity index (χ2v) is 4.58. The molecule has 16 heavy (non-hydrogen) atoms. The van der Waals surface area contributed by atoms with E-state index in [-0.39, 0.29) is 0 Å². The molecule has 2 rings (SSSR count). The lowest BCUT2D eigenvalue weighted by Crippen LogP contribution is -2.21. The third-order valence-electron chi connectivity index (χ3n) is 3.21. The number of likely N-dealkylation sites (N-methyl/N-ethyl adjacent to an activating group) is 1. The molecule has 4 heteroatoms. The number of hydrogen-bond donors (Lipinski definition) is 1. The molecule has 0 spiro atoms. The minimum atomic E-state index is 0.435. The van der Waals surface area contributed by atoms with Gasteiger partial charge in [-0.2, -0.15) is 5.10 Å². The first-order valence-corrected chi connectivity index (χ1v) is 6.07. The Hall–Kier alpha value is -0.870. The Kier molecular flexibility index (Phi) is 3.96. The average molecular weight is 223 g/mol. The van der Waals surface area contributed by atoms with Crippen molar-refractivity contribution in [3.05, 3.63) is 18.0 Å². The van der Waals surface area contributed by atoms with E-state index in [0.29, 0.717) is 12.0 Å². The minimum absolute atomic E-state index is 0.435. The molecular weight excluding hydrogens is 202 g/mol. The summed E-state index contributed by atoms with van der Waals surface area (Å²) in [6.45, 7) is 4.92. The molecule has 0 radical (unpaired) electrons. The molecule has 2 atom stereocenters. The van der Waals surface area contributed by atoms with E-state index < -0.39 is 0 Å². The van der Waals surface area contributed by atoms with E-state index in [1.54, 1.807) is 0 Å². The van der Waals surface area contributed by atoms with Crippen molar-refractivity contribution in [3.8, 4) is 0 Å². The van der Waals surface area contributed by atoms with Crippen molar-refractivity contribution in [2.75, 3.05) is 26.8 Å². The Morgan fingerprint density at radius 3 is 3.25 bits per heavy atom. The summed E-state index contributed by atoms with van der Waals surface area (Å²) in [5.41, 5.74) is 1.31. The van der Waals surface area contributed by atoms with Crippen LogP contribution < -0.4 is 5.32 Å². The first kappa shape index (κ1) is 11.6. The summed E-state index contributed by atoms with van der Waals surface area (Å²) >= 11 is 0. The fraction of sp³-hybridized carbons (Fsp3) is 0.750. The first-order chi connectivity index (χ1) is 7.81. The lowest BCUT2D eigenvalue weighted by molar-refractivity contribution is 0.0549. The summed E-state index contributed by atoms with van der Waals surface area (Å²) in [6.07, 6.45) is 6.48. The summed E-state index contributed by atoms with van der Waals surface area (Å²) in [4.78, 5) is 0. The summed E-state index contributed by atoms with van der Waals surface area (Å²) in [5.74, 6) is 0.517. The average Bonchev–Trinajstić information content (AvgIpc) is 2.80. The largest absolute Gasteiger partial charge is 0.379 e. The number of nitrogens with zero attached hydrogens (tertiary/aromatic N) is 2. The maximum absolute atomic E-state index is 5.48. The van der Waals surface area contributed by atoms with Gasteiger partial charge >= 0.3 is 0 Å². The topological polar surface area (TPSA) is 39.1 Å². The van der Waals surface area contributed by atoms with Crippen molar-refractivity contribution >= 4 is 0 Å². The zero-order chi connectivity index (χ0) is 11.4. The Balaban J connectivity index is 2.00. The predicted octanol–water partition coefficient (Wildman–Crippen LogP) is 1.56. The Bertz CT molecular complexity index is 318. The molecule has 0 aliphatic carbocycles. The van der Waals surface area contributed by atoms with Crippen LogP contribution in [0.3, 0.4) is 0 Å². The van der Waals surface area contributed by atoms with Gasteiger partial charge < -0.3 is 10.1 Å². The van der Waals surface area contributed by atoms with Gasteiger partial charge in [0, 0.05) is 19.3 Å². The molecule has 2 heterocycles. The second kappa shape index (κ2) is 5.46. The van der Waals surface area contributed by atoms with Gasteiger partial charge in [0.15, 0.2) is 0 Å². The van der Waals surface area contributed by atoms with E-state index in [1.807, 2.05) is 13.2 Å². The number of rotatable bonds is 4. The van der Waals surface area contributed by atoms with Crippen LogP contribution >= 0.6 is 0 Å². The molecule has 1 saturated heterocycles. The van der Waals surface area contributed by atoms with Crippen LogP contribution in [0.1, 0.15) is 37.3 Å². The predicted molar refractivity (Wildman–Crippen MR) is 63.7 cm³/mol. The van der Waals surface area contributed by atoms with Crippen LogP contribution in [0.15, 0.2) is 12.4 Å². The lowest BCUT2D eigenvalue weighted by Gasteiger charge is -2.22. The maximum atomic E-state index is 5.48. The van der Waals surface area contributed by atoms with Gasteiger partial charge in [0.1, 0.15) is 0 Å². The molecule has 4 nitrogen and oxygen atoms in total. The fourth-order valence-electron chi connectivity index (χ4n) is 2.16. The van der Waals surface area contributed by atoms with Crippen molar-refractivity contribution < 1.29 is 4.74 Å². The molecular formula is C12H21N3O. The molecule has 1 N–H and O–H groups in total. The maximum Gasteiger partial charge on any atom is 0.0753 e. The molecule has 2 unspecified atom stereocenters. The fourth-order valence-corrected chi connectivity index (χ4v) is 2.16. The van der Waals surface area contributed by atoms with Crippen LogP contribution in [0.2, 0.25) is 0 Å². The molecule has 0 aromatic carbocycles. The molecule has 1 aromatic rings. The molecule has 1 aliphatic rings. The molecule has 0 bridgehead atoms. The molecule has 0 saturated carbocycles. The van der Waals surface area contributed by atoms with Gasteiger partial charge in [-0.3, -0.25) is 4.68 Å². The van der Waals surface area contributed by atoms with Crippen molar-refractivity contribution in [2.45, 2.75) is 31.7 Å². The van der Waals surface area contributed by atoms with Crippen molar-refractivity contribution in [3.63, 3.8) is 0 Å². The molecule has 1 aliphatic heterocycles. The Morgan fingerprint density at radius 1 is 1.69 bits per heavy atom. The van der Waals surface area contributed by atoms with Crippen LogP contribution in [-0.2, 0) is 4.74 Å². The summed E-state index contributed by atoms with van der Waals surface area (Å²) < 4.78 is 7.55. The van der Waals surface area contributed by atoms with Gasteiger partial charge in [-0.1, -0.05) is 6.92 Å². The standard InChI is InChI=1S/C12H21N3O/c1-10(6-13-2)11-7-14-15(8-11)12-4-3-5-16-9-12/h7-8,10,12-13H,3-6,9H2,1-2H3. The minimum Gasteiger partial charge on any atom is -0.379 e. The highest BCUT2D eigenvalue weighted by Gasteiger charge is 2.17. The number of nitrogens with one attached hydrogen (secondary N) is 1. The highest BCUT2D eigenvalue weighted by atomic mass is 16.5. The van der Waals surface area contributed by atoms with Crippen molar-refractivity contribution in [2.24, 2.45) is 0 Å². The van der Waals surface area contributed by atoms with Gasteiger partial charge in [0.05, 0.1) is 18.8 Å². The van der Waals surface area contributed by atoms with E-state index in [1.165, 1.54) is 12.0 Å². The van der Waals surface area contributed by atoms with Crippen LogP contribution in [0, 0.1) is 0 Å². The van der Waals surface area contributed by atoms with E-state index >= 15 is 0 Å². The van der Waals surface area contributed by atoms with E-state index in [9.17, 15) is 0 Å². The van der Waals surface area contributed by atoms with Crippen LogP contribution in [0.25, 0.3) is 0 Å².